The standard InChI is InChI=1S/C15H12F4N4O7S/c1-28-11(24)7-4-2-3-5-8(7)23(31(26)27)15(25)22-14-20-9(29-12(16)17)6-10(21-14)30-13(18)19/h2-6,12-13H,1H3,(H,26,27)(H,20,21,22,25)/p-1. The van der Waals surface area contributed by atoms with Crippen LogP contribution in [0.2, 0.25) is 0 Å². The highest BCUT2D eigenvalue weighted by molar-refractivity contribution is 7.81. The molecule has 0 bridgehead atoms. The van der Waals surface area contributed by atoms with Crippen molar-refractivity contribution in [3.63, 3.8) is 0 Å². The van der Waals surface area contributed by atoms with Crippen molar-refractivity contribution in [2.24, 2.45) is 0 Å². The van der Waals surface area contributed by atoms with E-state index in [0.717, 1.165) is 19.2 Å². The molecule has 1 unspecified atom stereocenters. The van der Waals surface area contributed by atoms with Crippen molar-refractivity contribution in [3.8, 4) is 11.8 Å². The predicted molar refractivity (Wildman–Crippen MR) is 93.5 cm³/mol. The molecule has 168 valence electrons. The number of nitrogens with one attached hydrogen (secondary N) is 1. The van der Waals surface area contributed by atoms with Gasteiger partial charge in [-0.25, -0.2) is 13.9 Å². The van der Waals surface area contributed by atoms with Gasteiger partial charge in [-0.2, -0.15) is 27.5 Å². The molecule has 2 rings (SSSR count). The largest absolute Gasteiger partial charge is 0.755 e. The number of esters is 1. The number of ether oxygens (including phenoxy) is 3. The minimum Gasteiger partial charge on any atom is -0.755 e. The zero-order valence-corrected chi connectivity index (χ0v) is 16.0. The van der Waals surface area contributed by atoms with E-state index in [1.807, 2.05) is 0 Å². The molecule has 0 aliphatic carbocycles. The molecule has 2 aromatic rings. The molecule has 0 aliphatic heterocycles. The van der Waals surface area contributed by atoms with Gasteiger partial charge in [-0.15, -0.1) is 0 Å². The molecule has 1 aromatic carbocycles. The zero-order valence-electron chi connectivity index (χ0n) is 15.2. The first-order chi connectivity index (χ1) is 14.6. The fraction of sp³-hybridized carbons (Fsp3) is 0.200. The summed E-state index contributed by atoms with van der Waals surface area (Å²) in [5.41, 5.74) is -0.758. The maximum atomic E-state index is 12.5. The summed E-state index contributed by atoms with van der Waals surface area (Å²) in [6, 6.07) is 3.91. The van der Waals surface area contributed by atoms with Gasteiger partial charge in [0.25, 0.3) is 0 Å². The number of amides is 2. The van der Waals surface area contributed by atoms with Crippen LogP contribution < -0.4 is 19.1 Å². The van der Waals surface area contributed by atoms with Crippen LogP contribution in [0.3, 0.4) is 0 Å². The average Bonchev–Trinajstić information content (AvgIpc) is 2.66. The Hall–Kier alpha value is -3.53. The topological polar surface area (TPSA) is 143 Å². The van der Waals surface area contributed by atoms with Gasteiger partial charge < -0.3 is 18.8 Å². The first-order valence-corrected chi connectivity index (χ1v) is 8.82. The number of halogens is 4. The molecular weight excluding hydrogens is 456 g/mol. The van der Waals surface area contributed by atoms with E-state index in [0.29, 0.717) is 6.07 Å². The lowest BCUT2D eigenvalue weighted by Crippen LogP contribution is -2.38. The summed E-state index contributed by atoms with van der Waals surface area (Å²) in [6.07, 6.45) is 0. The van der Waals surface area contributed by atoms with Gasteiger partial charge in [0.2, 0.25) is 17.7 Å². The third-order valence-corrected chi connectivity index (χ3v) is 3.84. The van der Waals surface area contributed by atoms with Gasteiger partial charge >= 0.3 is 25.2 Å². The number of hydrogen-bond acceptors (Lipinski definition) is 9. The quantitative estimate of drug-likeness (QED) is 0.351. The lowest BCUT2D eigenvalue weighted by molar-refractivity contribution is -0.0579. The summed E-state index contributed by atoms with van der Waals surface area (Å²) >= 11 is -3.31. The molecule has 16 heteroatoms. The van der Waals surface area contributed by atoms with Crippen LogP contribution in [0.5, 0.6) is 11.8 Å². The molecule has 11 nitrogen and oxygen atoms in total. The molecular formula is C15H11F4N4O7S-. The van der Waals surface area contributed by atoms with Crippen molar-refractivity contribution >= 4 is 34.9 Å². The normalized spacial score (nSPS) is 11.7. The third kappa shape index (κ3) is 6.48. The van der Waals surface area contributed by atoms with Crippen LogP contribution in [0.4, 0.5) is 34.0 Å². The van der Waals surface area contributed by atoms with Gasteiger partial charge in [0.05, 0.1) is 35.7 Å². The lowest BCUT2D eigenvalue weighted by atomic mass is 10.2. The number of carbonyl (C=O) groups is 2. The number of urea groups is 1. The molecule has 0 aliphatic rings. The Balaban J connectivity index is 2.41. The molecule has 0 saturated carbocycles. The second kappa shape index (κ2) is 10.5. The highest BCUT2D eigenvalue weighted by atomic mass is 32.2. The summed E-state index contributed by atoms with van der Waals surface area (Å²) in [4.78, 5) is 31.0. The van der Waals surface area contributed by atoms with Crippen LogP contribution in [0.1, 0.15) is 10.4 Å². The molecule has 1 N–H and O–H groups in total. The van der Waals surface area contributed by atoms with E-state index >= 15 is 0 Å². The van der Waals surface area contributed by atoms with Crippen LogP contribution >= 0.6 is 0 Å². The molecule has 0 fully saturated rings. The Kier molecular flexibility index (Phi) is 8.03. The molecule has 1 aromatic heterocycles. The second-order valence-corrected chi connectivity index (χ2v) is 5.87. The van der Waals surface area contributed by atoms with Crippen molar-refractivity contribution in [2.75, 3.05) is 16.7 Å². The van der Waals surface area contributed by atoms with Crippen molar-refractivity contribution < 1.29 is 50.1 Å². The molecule has 0 radical (unpaired) electrons. The molecule has 0 spiro atoms. The zero-order chi connectivity index (χ0) is 23.1. The van der Waals surface area contributed by atoms with Gasteiger partial charge in [-0.05, 0) is 12.1 Å². The molecule has 1 atom stereocenters. The first kappa shape index (κ1) is 23.7. The van der Waals surface area contributed by atoms with Crippen LogP contribution in [0, 0.1) is 0 Å². The van der Waals surface area contributed by atoms with Gasteiger partial charge in [-0.3, -0.25) is 9.53 Å². The maximum absolute atomic E-state index is 12.5. The average molecular weight is 467 g/mol. The fourth-order valence-corrected chi connectivity index (χ4v) is 2.60. The highest BCUT2D eigenvalue weighted by Gasteiger charge is 2.25. The maximum Gasteiger partial charge on any atom is 0.388 e. The minimum absolute atomic E-state index is 0.0594. The lowest BCUT2D eigenvalue weighted by Gasteiger charge is -2.25. The van der Waals surface area contributed by atoms with Gasteiger partial charge in [0, 0.05) is 0 Å². The Labute approximate surface area is 173 Å². The van der Waals surface area contributed by atoms with E-state index in [4.69, 9.17) is 0 Å². The monoisotopic (exact) mass is 467 g/mol. The first-order valence-electron chi connectivity index (χ1n) is 7.79. The van der Waals surface area contributed by atoms with Gasteiger partial charge in [0.15, 0.2) is 0 Å². The number of para-hydroxylation sites is 1. The Bertz CT molecular complexity index is 954. The van der Waals surface area contributed by atoms with Crippen LogP contribution in [-0.4, -0.2) is 51.1 Å². The smallest absolute Gasteiger partial charge is 0.388 e. The number of anilines is 2. The summed E-state index contributed by atoms with van der Waals surface area (Å²) in [5.74, 6) is -3.80. The Morgan fingerprint density at radius 2 is 1.65 bits per heavy atom. The van der Waals surface area contributed by atoms with Crippen molar-refractivity contribution in [1.82, 2.24) is 9.97 Å². The number of carbonyl (C=O) groups excluding carboxylic acids is 2. The molecule has 1 heterocycles. The van der Waals surface area contributed by atoms with Crippen LogP contribution in [0.15, 0.2) is 30.3 Å². The molecule has 2 amide bonds. The number of benzene rings is 1. The van der Waals surface area contributed by atoms with E-state index in [9.17, 15) is 35.9 Å². The predicted octanol–water partition coefficient (Wildman–Crippen LogP) is 2.30. The summed E-state index contributed by atoms with van der Waals surface area (Å²) in [5, 5.41) is 1.80. The van der Waals surface area contributed by atoms with Crippen LogP contribution in [-0.2, 0) is 16.0 Å². The number of rotatable bonds is 8. The van der Waals surface area contributed by atoms with E-state index in [2.05, 4.69) is 24.2 Å². The molecule has 31 heavy (non-hydrogen) atoms. The fourth-order valence-electron chi connectivity index (χ4n) is 2.10. The van der Waals surface area contributed by atoms with E-state index < -0.39 is 59.9 Å². The van der Waals surface area contributed by atoms with Gasteiger partial charge in [-0.1, -0.05) is 12.1 Å². The van der Waals surface area contributed by atoms with E-state index in [1.165, 1.54) is 12.1 Å². The number of nitrogens with zero attached hydrogens (tertiary/aromatic N) is 3. The number of hydrogen-bond donors (Lipinski definition) is 1. The summed E-state index contributed by atoms with van der Waals surface area (Å²) in [6.45, 7) is -6.81. The number of methoxy groups -OCH3 is 1. The van der Waals surface area contributed by atoms with Crippen molar-refractivity contribution in [3.05, 3.63) is 35.9 Å². The van der Waals surface area contributed by atoms with Crippen molar-refractivity contribution in [1.29, 1.82) is 0 Å². The Morgan fingerprint density at radius 3 is 2.13 bits per heavy atom. The SMILES string of the molecule is COC(=O)c1ccccc1N(C(=O)Nc1nc(OC(F)F)cc(OC(F)F)n1)S(=O)[O-]. The number of alkyl halides is 4. The summed E-state index contributed by atoms with van der Waals surface area (Å²) in [7, 11) is 1.02. The Morgan fingerprint density at radius 1 is 1.10 bits per heavy atom. The van der Waals surface area contributed by atoms with E-state index in [1.54, 1.807) is 5.32 Å². The minimum atomic E-state index is -3.41. The second-order valence-electron chi connectivity index (χ2n) is 5.08. The van der Waals surface area contributed by atoms with Crippen molar-refractivity contribution in [2.45, 2.75) is 13.2 Å². The third-order valence-electron chi connectivity index (χ3n) is 3.18. The van der Waals surface area contributed by atoms with Crippen LogP contribution in [0.25, 0.3) is 0 Å². The van der Waals surface area contributed by atoms with Gasteiger partial charge in [0.1, 0.15) is 0 Å². The molecule has 0 saturated heterocycles. The van der Waals surface area contributed by atoms with E-state index in [-0.39, 0.29) is 9.87 Å². The number of aromatic nitrogens is 2. The summed E-state index contributed by atoms with van der Waals surface area (Å²) < 4.78 is 85.5. The highest BCUT2D eigenvalue weighted by Crippen LogP contribution is 2.25.